The predicted molar refractivity (Wildman–Crippen MR) is 69.4 cm³/mol. The van der Waals surface area contributed by atoms with Gasteiger partial charge in [0.1, 0.15) is 11.7 Å². The van der Waals surface area contributed by atoms with E-state index in [1.807, 2.05) is 30.3 Å². The zero-order valence-electron chi connectivity index (χ0n) is 11.0. The first kappa shape index (κ1) is 13.7. The van der Waals surface area contributed by atoms with Gasteiger partial charge in [-0.2, -0.15) is 0 Å². The number of piperidine rings is 1. The smallest absolute Gasteiger partial charge is 0.257 e. The summed E-state index contributed by atoms with van der Waals surface area (Å²) in [6.07, 6.45) is 0.358. The summed E-state index contributed by atoms with van der Waals surface area (Å²) < 4.78 is 0. The Bertz CT molecular complexity index is 459. The first-order valence-corrected chi connectivity index (χ1v) is 6.33. The number of benzene rings is 1. The first-order valence-electron chi connectivity index (χ1n) is 6.33. The number of nitrogens with zero attached hydrogens (tertiary/aromatic N) is 2. The van der Waals surface area contributed by atoms with Gasteiger partial charge in [0.2, 0.25) is 0 Å². The summed E-state index contributed by atoms with van der Waals surface area (Å²) in [5.41, 5.74) is 1.15. The van der Waals surface area contributed by atoms with E-state index in [9.17, 15) is 14.8 Å². The molecule has 0 aromatic heterocycles. The molecule has 1 aromatic carbocycles. The topological polar surface area (TPSA) is 60.9 Å². The first-order chi connectivity index (χ1) is 9.08. The van der Waals surface area contributed by atoms with Gasteiger partial charge >= 0.3 is 0 Å². The van der Waals surface area contributed by atoms with Gasteiger partial charge in [-0.15, -0.1) is 0 Å². The summed E-state index contributed by atoms with van der Waals surface area (Å²) in [5.74, 6) is -1.36. The van der Waals surface area contributed by atoms with Crippen molar-refractivity contribution in [1.29, 1.82) is 0 Å². The van der Waals surface area contributed by atoms with E-state index in [2.05, 4.69) is 4.90 Å². The summed E-state index contributed by atoms with van der Waals surface area (Å²) in [5, 5.41) is 9.69. The molecule has 1 N–H and O–H groups in total. The van der Waals surface area contributed by atoms with Gasteiger partial charge in [-0.05, 0) is 5.56 Å². The molecule has 2 rings (SSSR count). The zero-order valence-corrected chi connectivity index (χ0v) is 11.0. The molecule has 1 aliphatic heterocycles. The maximum Gasteiger partial charge on any atom is 0.257 e. The van der Waals surface area contributed by atoms with E-state index >= 15 is 0 Å². The van der Waals surface area contributed by atoms with Crippen LogP contribution in [-0.2, 0) is 16.1 Å². The van der Waals surface area contributed by atoms with Gasteiger partial charge in [-0.1, -0.05) is 30.3 Å². The number of rotatable bonds is 3. The zero-order chi connectivity index (χ0) is 13.8. The number of carbonyl (C=O) groups excluding carboxylic acids is 2. The molecule has 1 aliphatic rings. The minimum Gasteiger partial charge on any atom is -0.299 e. The Morgan fingerprint density at radius 2 is 2.11 bits per heavy atom. The maximum atomic E-state index is 11.8. The van der Waals surface area contributed by atoms with Gasteiger partial charge in [0.05, 0.1) is 0 Å². The van der Waals surface area contributed by atoms with Crippen molar-refractivity contribution in [1.82, 2.24) is 9.96 Å². The third-order valence-electron chi connectivity index (χ3n) is 3.37. The van der Waals surface area contributed by atoms with Gasteiger partial charge < -0.3 is 0 Å². The highest BCUT2D eigenvalue weighted by molar-refractivity contribution is 6.01. The average Bonchev–Trinajstić information content (AvgIpc) is 2.41. The van der Waals surface area contributed by atoms with Crippen molar-refractivity contribution in [3.63, 3.8) is 0 Å². The second kappa shape index (κ2) is 5.95. The van der Waals surface area contributed by atoms with E-state index in [1.165, 1.54) is 7.05 Å². The summed E-state index contributed by atoms with van der Waals surface area (Å²) >= 11 is 0. The van der Waals surface area contributed by atoms with E-state index in [1.54, 1.807) is 0 Å². The Kier molecular flexibility index (Phi) is 4.29. The minimum absolute atomic E-state index is 0.0878. The lowest BCUT2D eigenvalue weighted by molar-refractivity contribution is -0.168. The van der Waals surface area contributed by atoms with Crippen molar-refractivity contribution < 1.29 is 14.8 Å². The van der Waals surface area contributed by atoms with Gasteiger partial charge in [0, 0.05) is 33.1 Å². The Morgan fingerprint density at radius 1 is 1.42 bits per heavy atom. The third-order valence-corrected chi connectivity index (χ3v) is 3.37. The van der Waals surface area contributed by atoms with E-state index in [-0.39, 0.29) is 5.78 Å². The van der Waals surface area contributed by atoms with Crippen LogP contribution in [-0.4, -0.2) is 47.0 Å². The highest BCUT2D eigenvalue weighted by atomic mass is 16.5. The number of Topliss-reactive ketones (excluding diaryl/α,β-unsaturated/α-hetero) is 1. The largest absolute Gasteiger partial charge is 0.299 e. The molecule has 1 unspecified atom stereocenters. The molecule has 0 aliphatic carbocycles. The molecule has 1 fully saturated rings. The van der Waals surface area contributed by atoms with Crippen molar-refractivity contribution in [3.8, 4) is 0 Å². The normalized spacial score (nSPS) is 20.3. The minimum atomic E-state index is -0.743. The Hall–Kier alpha value is -1.72. The number of hydroxylamine groups is 2. The molecule has 0 saturated carbocycles. The highest BCUT2D eigenvalue weighted by Crippen LogP contribution is 2.17. The van der Waals surface area contributed by atoms with Crippen LogP contribution in [0.3, 0.4) is 0 Å². The molecule has 1 atom stereocenters. The quantitative estimate of drug-likeness (QED) is 0.500. The van der Waals surface area contributed by atoms with Crippen LogP contribution in [0.15, 0.2) is 30.3 Å². The van der Waals surface area contributed by atoms with Crippen molar-refractivity contribution in [2.45, 2.75) is 13.0 Å². The summed E-state index contributed by atoms with van der Waals surface area (Å²) in [7, 11) is 1.26. The molecule has 0 spiro atoms. The van der Waals surface area contributed by atoms with Crippen LogP contribution in [0.1, 0.15) is 12.0 Å². The number of carbonyl (C=O) groups is 2. The van der Waals surface area contributed by atoms with E-state index in [0.29, 0.717) is 31.1 Å². The summed E-state index contributed by atoms with van der Waals surface area (Å²) in [6, 6.07) is 9.93. The van der Waals surface area contributed by atoms with Gasteiger partial charge in [0.15, 0.2) is 0 Å². The predicted octanol–water partition coefficient (Wildman–Crippen LogP) is 0.925. The van der Waals surface area contributed by atoms with E-state index < -0.39 is 11.8 Å². The van der Waals surface area contributed by atoms with Crippen LogP contribution >= 0.6 is 0 Å². The fourth-order valence-electron chi connectivity index (χ4n) is 2.32. The maximum absolute atomic E-state index is 11.8. The Morgan fingerprint density at radius 3 is 2.74 bits per heavy atom. The number of hydrogen-bond acceptors (Lipinski definition) is 4. The monoisotopic (exact) mass is 262 g/mol. The molecule has 102 valence electrons. The Balaban J connectivity index is 2.01. The van der Waals surface area contributed by atoms with Crippen LogP contribution in [0.25, 0.3) is 0 Å². The SMILES string of the molecule is CN(O)C(=O)C1CN(Cc2ccccc2)CCC1=O. The molecule has 0 bridgehead atoms. The number of ketones is 1. The molecule has 1 saturated heterocycles. The van der Waals surface area contributed by atoms with Crippen molar-refractivity contribution >= 4 is 11.7 Å². The standard InChI is InChI=1S/C14H18N2O3/c1-15(19)14(18)12-10-16(8-7-13(12)17)9-11-5-3-2-4-6-11/h2-6,12,19H,7-10H2,1H3. The van der Waals surface area contributed by atoms with Gasteiger partial charge in [-0.25, -0.2) is 5.06 Å². The molecular weight excluding hydrogens is 244 g/mol. The lowest BCUT2D eigenvalue weighted by Crippen LogP contribution is -2.47. The molecule has 5 heteroatoms. The van der Waals surface area contributed by atoms with E-state index in [0.717, 1.165) is 5.56 Å². The Labute approximate surface area is 112 Å². The number of amides is 1. The molecule has 5 nitrogen and oxygen atoms in total. The highest BCUT2D eigenvalue weighted by Gasteiger charge is 2.34. The average molecular weight is 262 g/mol. The summed E-state index contributed by atoms with van der Waals surface area (Å²) in [6.45, 7) is 1.75. The lowest BCUT2D eigenvalue weighted by atomic mass is 9.95. The molecule has 0 radical (unpaired) electrons. The second-order valence-corrected chi connectivity index (χ2v) is 4.85. The third kappa shape index (κ3) is 3.39. The van der Waals surface area contributed by atoms with Crippen LogP contribution in [0.4, 0.5) is 0 Å². The lowest BCUT2D eigenvalue weighted by Gasteiger charge is -2.31. The van der Waals surface area contributed by atoms with Crippen LogP contribution in [0.2, 0.25) is 0 Å². The van der Waals surface area contributed by atoms with Gasteiger partial charge in [-0.3, -0.25) is 19.7 Å². The second-order valence-electron chi connectivity index (χ2n) is 4.85. The fourth-order valence-corrected chi connectivity index (χ4v) is 2.32. The fraction of sp³-hybridized carbons (Fsp3) is 0.429. The van der Waals surface area contributed by atoms with Crippen molar-refractivity contribution in [2.24, 2.45) is 5.92 Å². The number of likely N-dealkylation sites (tertiary alicyclic amines) is 1. The molecule has 1 heterocycles. The van der Waals surface area contributed by atoms with Crippen molar-refractivity contribution in [2.75, 3.05) is 20.1 Å². The van der Waals surface area contributed by atoms with Crippen LogP contribution in [0.5, 0.6) is 0 Å². The van der Waals surface area contributed by atoms with Crippen LogP contribution in [0, 0.1) is 5.92 Å². The summed E-state index contributed by atoms with van der Waals surface area (Å²) in [4.78, 5) is 25.6. The van der Waals surface area contributed by atoms with E-state index in [4.69, 9.17) is 0 Å². The van der Waals surface area contributed by atoms with Crippen molar-refractivity contribution in [3.05, 3.63) is 35.9 Å². The molecule has 1 aromatic rings. The van der Waals surface area contributed by atoms with Crippen LogP contribution < -0.4 is 0 Å². The number of hydrogen-bond donors (Lipinski definition) is 1. The van der Waals surface area contributed by atoms with Gasteiger partial charge in [0.25, 0.3) is 5.91 Å². The molecule has 1 amide bonds. The molecular formula is C14H18N2O3. The molecule has 19 heavy (non-hydrogen) atoms.